The summed E-state index contributed by atoms with van der Waals surface area (Å²) < 4.78 is 5.66. The Morgan fingerprint density at radius 3 is 2.86 bits per heavy atom. The number of carbonyl (C=O) groups is 1. The maximum absolute atomic E-state index is 11.1. The monoisotopic (exact) mass is 286 g/mol. The van der Waals surface area contributed by atoms with E-state index in [-0.39, 0.29) is 11.8 Å². The van der Waals surface area contributed by atoms with Crippen LogP contribution in [0.4, 0.5) is 5.69 Å². The number of aromatic nitrogens is 2. The smallest absolute Gasteiger partial charge is 0.267 e. The Labute approximate surface area is 123 Å². The third kappa shape index (κ3) is 4.17. The van der Waals surface area contributed by atoms with Gasteiger partial charge in [-0.25, -0.2) is 4.98 Å². The SMILES string of the molecule is CC(C)Oc1ncccc1CNc1ccnc(C(N)=O)c1. The second-order valence-electron chi connectivity index (χ2n) is 4.78. The molecule has 110 valence electrons. The molecule has 6 heteroatoms. The summed E-state index contributed by atoms with van der Waals surface area (Å²) in [7, 11) is 0. The minimum atomic E-state index is -0.552. The van der Waals surface area contributed by atoms with Crippen molar-refractivity contribution in [1.29, 1.82) is 0 Å². The lowest BCUT2D eigenvalue weighted by atomic mass is 10.2. The predicted molar refractivity (Wildman–Crippen MR) is 80.1 cm³/mol. The number of anilines is 1. The van der Waals surface area contributed by atoms with Gasteiger partial charge >= 0.3 is 0 Å². The fourth-order valence-corrected chi connectivity index (χ4v) is 1.76. The van der Waals surface area contributed by atoms with Crippen molar-refractivity contribution in [2.75, 3.05) is 5.32 Å². The number of primary amides is 1. The number of carbonyl (C=O) groups excluding carboxylic acids is 1. The van der Waals surface area contributed by atoms with Gasteiger partial charge in [-0.15, -0.1) is 0 Å². The van der Waals surface area contributed by atoms with E-state index < -0.39 is 5.91 Å². The molecule has 2 aromatic heterocycles. The molecule has 0 radical (unpaired) electrons. The van der Waals surface area contributed by atoms with Crippen LogP contribution >= 0.6 is 0 Å². The molecule has 0 spiro atoms. The van der Waals surface area contributed by atoms with E-state index in [0.29, 0.717) is 12.4 Å². The molecule has 6 nitrogen and oxygen atoms in total. The van der Waals surface area contributed by atoms with Gasteiger partial charge < -0.3 is 15.8 Å². The van der Waals surface area contributed by atoms with Crippen LogP contribution in [-0.4, -0.2) is 22.0 Å². The van der Waals surface area contributed by atoms with E-state index in [1.807, 2.05) is 26.0 Å². The number of rotatable bonds is 6. The highest BCUT2D eigenvalue weighted by molar-refractivity contribution is 5.91. The van der Waals surface area contributed by atoms with Crippen molar-refractivity contribution in [3.63, 3.8) is 0 Å². The van der Waals surface area contributed by atoms with Crippen molar-refractivity contribution >= 4 is 11.6 Å². The molecule has 2 rings (SSSR count). The minimum Gasteiger partial charge on any atom is -0.475 e. The third-order valence-electron chi connectivity index (χ3n) is 2.69. The predicted octanol–water partition coefficient (Wildman–Crippen LogP) is 1.97. The Balaban J connectivity index is 2.09. The van der Waals surface area contributed by atoms with Crippen LogP contribution < -0.4 is 15.8 Å². The summed E-state index contributed by atoms with van der Waals surface area (Å²) in [6.07, 6.45) is 3.29. The molecular weight excluding hydrogens is 268 g/mol. The first-order valence-corrected chi connectivity index (χ1v) is 6.66. The van der Waals surface area contributed by atoms with Gasteiger partial charge in [0.1, 0.15) is 5.69 Å². The summed E-state index contributed by atoms with van der Waals surface area (Å²) in [6, 6.07) is 7.17. The van der Waals surface area contributed by atoms with Gasteiger partial charge in [0.2, 0.25) is 5.88 Å². The van der Waals surface area contributed by atoms with E-state index >= 15 is 0 Å². The zero-order valence-corrected chi connectivity index (χ0v) is 12.0. The van der Waals surface area contributed by atoms with E-state index in [1.165, 1.54) is 6.20 Å². The molecule has 3 N–H and O–H groups in total. The number of ether oxygens (including phenoxy) is 1. The quantitative estimate of drug-likeness (QED) is 0.847. The van der Waals surface area contributed by atoms with Gasteiger partial charge in [0.05, 0.1) is 6.10 Å². The maximum atomic E-state index is 11.1. The highest BCUT2D eigenvalue weighted by Gasteiger charge is 2.07. The Kier molecular flexibility index (Phi) is 4.71. The number of nitrogens with one attached hydrogen (secondary N) is 1. The second kappa shape index (κ2) is 6.69. The Hall–Kier alpha value is -2.63. The molecule has 2 heterocycles. The van der Waals surface area contributed by atoms with E-state index in [1.54, 1.807) is 18.3 Å². The van der Waals surface area contributed by atoms with E-state index in [2.05, 4.69) is 15.3 Å². The van der Waals surface area contributed by atoms with Gasteiger partial charge in [0, 0.05) is 30.2 Å². The van der Waals surface area contributed by atoms with Crippen LogP contribution in [0.15, 0.2) is 36.7 Å². The van der Waals surface area contributed by atoms with Crippen molar-refractivity contribution in [3.8, 4) is 5.88 Å². The average molecular weight is 286 g/mol. The van der Waals surface area contributed by atoms with Gasteiger partial charge in [0.15, 0.2) is 0 Å². The standard InChI is InChI=1S/C15H18N4O2/c1-10(2)21-15-11(4-3-6-18-15)9-19-12-5-7-17-13(8-12)14(16)20/h3-8,10H,9H2,1-2H3,(H2,16,20)(H,17,19). The summed E-state index contributed by atoms with van der Waals surface area (Å²) in [4.78, 5) is 19.2. The summed E-state index contributed by atoms with van der Waals surface area (Å²) in [5.74, 6) is 0.0491. The highest BCUT2D eigenvalue weighted by atomic mass is 16.5. The van der Waals surface area contributed by atoms with Crippen LogP contribution in [0.3, 0.4) is 0 Å². The number of nitrogens with two attached hydrogens (primary N) is 1. The first-order chi connectivity index (χ1) is 10.1. The molecule has 0 bridgehead atoms. The molecule has 0 saturated carbocycles. The van der Waals surface area contributed by atoms with Crippen molar-refractivity contribution in [1.82, 2.24) is 9.97 Å². The topological polar surface area (TPSA) is 90.1 Å². The first kappa shape index (κ1) is 14.8. The van der Waals surface area contributed by atoms with Gasteiger partial charge in [-0.1, -0.05) is 6.07 Å². The van der Waals surface area contributed by atoms with Gasteiger partial charge in [0.25, 0.3) is 5.91 Å². The fourth-order valence-electron chi connectivity index (χ4n) is 1.76. The van der Waals surface area contributed by atoms with Crippen LogP contribution in [-0.2, 0) is 6.54 Å². The van der Waals surface area contributed by atoms with Crippen molar-refractivity contribution in [2.24, 2.45) is 5.73 Å². The molecule has 0 unspecified atom stereocenters. The van der Waals surface area contributed by atoms with Crippen molar-refractivity contribution in [2.45, 2.75) is 26.5 Å². The molecule has 0 aliphatic rings. The van der Waals surface area contributed by atoms with E-state index in [4.69, 9.17) is 10.5 Å². The highest BCUT2D eigenvalue weighted by Crippen LogP contribution is 2.18. The fraction of sp³-hybridized carbons (Fsp3) is 0.267. The zero-order valence-electron chi connectivity index (χ0n) is 12.0. The molecule has 21 heavy (non-hydrogen) atoms. The molecule has 0 fully saturated rings. The van der Waals surface area contributed by atoms with E-state index in [9.17, 15) is 4.79 Å². The number of amides is 1. The molecule has 1 amide bonds. The molecule has 0 aliphatic heterocycles. The summed E-state index contributed by atoms with van der Waals surface area (Å²) in [6.45, 7) is 4.43. The Morgan fingerprint density at radius 2 is 2.14 bits per heavy atom. The molecule has 2 aromatic rings. The third-order valence-corrected chi connectivity index (χ3v) is 2.69. The number of nitrogens with zero attached hydrogens (tertiary/aromatic N) is 2. The van der Waals surface area contributed by atoms with Crippen molar-refractivity contribution in [3.05, 3.63) is 47.9 Å². The maximum Gasteiger partial charge on any atom is 0.267 e. The lowest BCUT2D eigenvalue weighted by Crippen LogP contribution is -2.13. The lowest BCUT2D eigenvalue weighted by Gasteiger charge is -2.13. The number of hydrogen-bond donors (Lipinski definition) is 2. The van der Waals surface area contributed by atoms with Gasteiger partial charge in [-0.05, 0) is 32.0 Å². The minimum absolute atomic E-state index is 0.0565. The second-order valence-corrected chi connectivity index (χ2v) is 4.78. The number of hydrogen-bond acceptors (Lipinski definition) is 5. The van der Waals surface area contributed by atoms with Crippen LogP contribution in [0.1, 0.15) is 29.9 Å². The van der Waals surface area contributed by atoms with Crippen LogP contribution in [0.5, 0.6) is 5.88 Å². The molecular formula is C15H18N4O2. The summed E-state index contributed by atoms with van der Waals surface area (Å²) in [5.41, 5.74) is 7.13. The van der Waals surface area contributed by atoms with Crippen LogP contribution in [0, 0.1) is 0 Å². The Morgan fingerprint density at radius 1 is 1.33 bits per heavy atom. The largest absolute Gasteiger partial charge is 0.475 e. The first-order valence-electron chi connectivity index (χ1n) is 6.66. The molecule has 0 atom stereocenters. The molecule has 0 saturated heterocycles. The average Bonchev–Trinajstić information content (AvgIpc) is 2.46. The normalized spacial score (nSPS) is 10.4. The van der Waals surface area contributed by atoms with Gasteiger partial charge in [-0.2, -0.15) is 0 Å². The zero-order chi connectivity index (χ0) is 15.2. The van der Waals surface area contributed by atoms with Gasteiger partial charge in [-0.3, -0.25) is 9.78 Å². The summed E-state index contributed by atoms with van der Waals surface area (Å²) in [5, 5.41) is 3.20. The van der Waals surface area contributed by atoms with Crippen LogP contribution in [0.2, 0.25) is 0 Å². The van der Waals surface area contributed by atoms with Crippen LogP contribution in [0.25, 0.3) is 0 Å². The summed E-state index contributed by atoms with van der Waals surface area (Å²) >= 11 is 0. The molecule has 0 aromatic carbocycles. The van der Waals surface area contributed by atoms with E-state index in [0.717, 1.165) is 11.3 Å². The Bertz CT molecular complexity index is 629. The van der Waals surface area contributed by atoms with Crippen molar-refractivity contribution < 1.29 is 9.53 Å². The molecule has 0 aliphatic carbocycles. The number of pyridine rings is 2. The lowest BCUT2D eigenvalue weighted by molar-refractivity contribution is 0.0995.